The molecule has 4 aromatic carbocycles. The Morgan fingerprint density at radius 3 is 1.71 bits per heavy atom. The van der Waals surface area contributed by atoms with Crippen molar-refractivity contribution in [3.05, 3.63) is 119 Å². The number of benzene rings is 4. The van der Waals surface area contributed by atoms with Gasteiger partial charge in [0.25, 0.3) is 0 Å². The number of carbonyl (C=O) groups is 2. The molecule has 6 nitrogen and oxygen atoms in total. The second-order valence-electron chi connectivity index (χ2n) is 9.67. The van der Waals surface area contributed by atoms with E-state index in [4.69, 9.17) is 20.0 Å². The molecule has 0 atom stereocenters. The average molecular weight is 543 g/mol. The van der Waals surface area contributed by atoms with E-state index in [0.717, 1.165) is 17.5 Å². The first-order valence-electron chi connectivity index (χ1n) is 13.7. The van der Waals surface area contributed by atoms with E-state index < -0.39 is 11.9 Å². The molecule has 204 valence electrons. The monoisotopic (exact) mass is 542 g/mol. The highest BCUT2D eigenvalue weighted by Crippen LogP contribution is 2.23. The molecular formula is C35H30N2O4. The lowest BCUT2D eigenvalue weighted by Crippen LogP contribution is -2.10. The predicted octanol–water partition coefficient (Wildman–Crippen LogP) is 8.05. The normalized spacial score (nSPS) is 10.3. The lowest BCUT2D eigenvalue weighted by Gasteiger charge is -2.08. The molecule has 4 rings (SSSR count). The largest absolute Gasteiger partial charge is 0.423 e. The van der Waals surface area contributed by atoms with Crippen LogP contribution in [0.1, 0.15) is 76.4 Å². The molecule has 0 heterocycles. The first kappa shape index (κ1) is 28.8. The van der Waals surface area contributed by atoms with E-state index in [0.29, 0.717) is 5.56 Å². The zero-order chi connectivity index (χ0) is 29.0. The van der Waals surface area contributed by atoms with Crippen molar-refractivity contribution in [1.29, 1.82) is 10.5 Å². The molecule has 0 amide bonds. The van der Waals surface area contributed by atoms with Gasteiger partial charge in [-0.25, -0.2) is 9.59 Å². The van der Waals surface area contributed by atoms with Crippen LogP contribution < -0.4 is 9.47 Å². The Kier molecular flexibility index (Phi) is 10.0. The van der Waals surface area contributed by atoms with Crippen molar-refractivity contribution in [2.45, 2.75) is 45.4 Å². The van der Waals surface area contributed by atoms with Crippen molar-refractivity contribution in [3.63, 3.8) is 0 Å². The van der Waals surface area contributed by atoms with Gasteiger partial charge in [0.1, 0.15) is 23.6 Å². The molecule has 0 unspecified atom stereocenters. The summed E-state index contributed by atoms with van der Waals surface area (Å²) in [7, 11) is 0. The highest BCUT2D eigenvalue weighted by Gasteiger charge is 2.13. The summed E-state index contributed by atoms with van der Waals surface area (Å²) in [5.74, 6) is -0.719. The van der Waals surface area contributed by atoms with Crippen molar-refractivity contribution in [3.8, 4) is 34.8 Å². The molecule has 0 bridgehead atoms. The van der Waals surface area contributed by atoms with Crippen LogP contribution in [-0.4, -0.2) is 11.9 Å². The molecule has 4 aromatic rings. The van der Waals surface area contributed by atoms with Crippen molar-refractivity contribution in [1.82, 2.24) is 0 Å². The molecule has 0 spiro atoms. The fourth-order valence-corrected chi connectivity index (χ4v) is 4.36. The summed E-state index contributed by atoms with van der Waals surface area (Å²) in [6.45, 7) is 2.23. The van der Waals surface area contributed by atoms with Gasteiger partial charge in [-0.15, -0.1) is 0 Å². The van der Waals surface area contributed by atoms with Gasteiger partial charge in [0.05, 0.1) is 22.3 Å². The Labute approximate surface area is 240 Å². The zero-order valence-corrected chi connectivity index (χ0v) is 22.9. The number of carbonyl (C=O) groups excluding carboxylic acids is 2. The summed E-state index contributed by atoms with van der Waals surface area (Å²) in [5, 5.41) is 18.2. The van der Waals surface area contributed by atoms with Crippen LogP contribution in [0.25, 0.3) is 11.1 Å². The van der Waals surface area contributed by atoms with Gasteiger partial charge >= 0.3 is 11.9 Å². The molecule has 0 radical (unpaired) electrons. The Morgan fingerprint density at radius 1 is 0.610 bits per heavy atom. The van der Waals surface area contributed by atoms with E-state index in [1.54, 1.807) is 12.1 Å². The minimum absolute atomic E-state index is 0.120. The van der Waals surface area contributed by atoms with Gasteiger partial charge in [-0.3, -0.25) is 0 Å². The molecule has 0 N–H and O–H groups in total. The van der Waals surface area contributed by atoms with E-state index in [9.17, 15) is 9.59 Å². The molecule has 0 aliphatic heterocycles. The smallest absolute Gasteiger partial charge is 0.343 e. The molecule has 41 heavy (non-hydrogen) atoms. The van der Waals surface area contributed by atoms with Gasteiger partial charge in [0.2, 0.25) is 0 Å². The molecule has 0 aliphatic rings. The highest BCUT2D eigenvalue weighted by atomic mass is 16.5. The number of aryl methyl sites for hydroxylation is 1. The highest BCUT2D eigenvalue weighted by molar-refractivity contribution is 5.93. The van der Waals surface area contributed by atoms with E-state index in [-0.39, 0.29) is 28.2 Å². The SMILES string of the molecule is CCCCCCCc1ccc(-c2ccc(C(=O)Oc3ccc(C(=O)Oc4ccc(C#N)c(C#N)c4)cc3)cc2)cc1. The summed E-state index contributed by atoms with van der Waals surface area (Å²) >= 11 is 0. The van der Waals surface area contributed by atoms with Crippen LogP contribution in [0.4, 0.5) is 0 Å². The number of unbranched alkanes of at least 4 members (excludes halogenated alkanes) is 4. The maximum atomic E-state index is 12.7. The van der Waals surface area contributed by atoms with E-state index in [1.807, 2.05) is 24.3 Å². The fraction of sp³-hybridized carbons (Fsp3) is 0.200. The second-order valence-corrected chi connectivity index (χ2v) is 9.67. The van der Waals surface area contributed by atoms with Gasteiger partial charge in [-0.05, 0) is 78.1 Å². The first-order chi connectivity index (χ1) is 20.0. The Balaban J connectivity index is 1.31. The number of nitriles is 2. The molecule has 0 aromatic heterocycles. The summed E-state index contributed by atoms with van der Waals surface area (Å²) in [5.41, 5.74) is 4.41. The number of nitrogens with zero attached hydrogens (tertiary/aromatic N) is 2. The predicted molar refractivity (Wildman–Crippen MR) is 157 cm³/mol. The molecule has 0 saturated heterocycles. The maximum Gasteiger partial charge on any atom is 0.343 e. The third-order valence-corrected chi connectivity index (χ3v) is 6.72. The molecule has 0 fully saturated rings. The van der Waals surface area contributed by atoms with Gasteiger partial charge in [0, 0.05) is 6.07 Å². The third-order valence-electron chi connectivity index (χ3n) is 6.72. The molecular weight excluding hydrogens is 512 g/mol. The third kappa shape index (κ3) is 7.91. The van der Waals surface area contributed by atoms with Crippen molar-refractivity contribution < 1.29 is 19.1 Å². The van der Waals surface area contributed by atoms with Crippen LogP contribution in [-0.2, 0) is 6.42 Å². The Morgan fingerprint density at radius 2 is 1.12 bits per heavy atom. The summed E-state index contributed by atoms with van der Waals surface area (Å²) in [6.07, 6.45) is 7.44. The van der Waals surface area contributed by atoms with Gasteiger partial charge in [0.15, 0.2) is 0 Å². The molecule has 0 aliphatic carbocycles. The van der Waals surface area contributed by atoms with Crippen LogP contribution in [0.15, 0.2) is 91.0 Å². The van der Waals surface area contributed by atoms with Crippen molar-refractivity contribution in [2.75, 3.05) is 0 Å². The van der Waals surface area contributed by atoms with Gasteiger partial charge < -0.3 is 9.47 Å². The minimum atomic E-state index is -0.646. The standard InChI is InChI=1S/C35H30N2O4/c1-2-3-4-5-6-7-25-8-10-26(11-9-25)27-12-14-28(15-13-27)34(38)40-32-19-16-29(17-20-32)35(39)41-33-21-18-30(23-36)31(22-33)24-37/h8-22H,2-7H2,1H3. The average Bonchev–Trinajstić information content (AvgIpc) is 3.01. The Hall–Kier alpha value is -5.20. The molecule has 0 saturated carbocycles. The van der Waals surface area contributed by atoms with Gasteiger partial charge in [-0.2, -0.15) is 10.5 Å². The number of hydrogen-bond donors (Lipinski definition) is 0. The maximum absolute atomic E-state index is 12.7. The van der Waals surface area contributed by atoms with E-state index >= 15 is 0 Å². The summed E-state index contributed by atoms with van der Waals surface area (Å²) in [4.78, 5) is 25.2. The summed E-state index contributed by atoms with van der Waals surface area (Å²) < 4.78 is 10.8. The second kappa shape index (κ2) is 14.3. The van der Waals surface area contributed by atoms with E-state index in [1.165, 1.54) is 80.1 Å². The number of rotatable bonds is 11. The van der Waals surface area contributed by atoms with Crippen LogP contribution in [0, 0.1) is 22.7 Å². The van der Waals surface area contributed by atoms with Crippen LogP contribution in [0.5, 0.6) is 11.5 Å². The first-order valence-corrected chi connectivity index (χ1v) is 13.7. The number of ether oxygens (including phenoxy) is 2. The van der Waals surface area contributed by atoms with Crippen LogP contribution >= 0.6 is 0 Å². The topological polar surface area (TPSA) is 100 Å². The quantitative estimate of drug-likeness (QED) is 0.108. The van der Waals surface area contributed by atoms with Crippen molar-refractivity contribution in [2.24, 2.45) is 0 Å². The Bertz CT molecular complexity index is 1580. The number of hydrogen-bond acceptors (Lipinski definition) is 6. The van der Waals surface area contributed by atoms with Crippen LogP contribution in [0.3, 0.4) is 0 Å². The van der Waals surface area contributed by atoms with Gasteiger partial charge in [-0.1, -0.05) is 69.0 Å². The lowest BCUT2D eigenvalue weighted by atomic mass is 10.00. The number of esters is 2. The lowest BCUT2D eigenvalue weighted by molar-refractivity contribution is 0.0730. The molecule has 6 heteroatoms. The summed E-state index contributed by atoms with van der Waals surface area (Å²) in [6, 6.07) is 29.8. The van der Waals surface area contributed by atoms with Crippen LogP contribution in [0.2, 0.25) is 0 Å². The zero-order valence-electron chi connectivity index (χ0n) is 22.9. The van der Waals surface area contributed by atoms with E-state index in [2.05, 4.69) is 31.2 Å². The fourth-order valence-electron chi connectivity index (χ4n) is 4.36. The van der Waals surface area contributed by atoms with Crippen molar-refractivity contribution >= 4 is 11.9 Å². The minimum Gasteiger partial charge on any atom is -0.423 e.